The largest absolute Gasteiger partial charge is 0.316 e. The van der Waals surface area contributed by atoms with Crippen molar-refractivity contribution in [2.24, 2.45) is 28.7 Å². The summed E-state index contributed by atoms with van der Waals surface area (Å²) in [7, 11) is 0. The van der Waals surface area contributed by atoms with E-state index in [1.807, 2.05) is 0 Å². The molecule has 3 rings (SSSR count). The van der Waals surface area contributed by atoms with Gasteiger partial charge in [0.15, 0.2) is 0 Å². The first-order chi connectivity index (χ1) is 7.90. The van der Waals surface area contributed by atoms with Crippen molar-refractivity contribution in [2.45, 2.75) is 25.7 Å². The van der Waals surface area contributed by atoms with Crippen LogP contribution in [0.2, 0.25) is 0 Å². The van der Waals surface area contributed by atoms with Crippen molar-refractivity contribution in [3.63, 3.8) is 0 Å². The maximum atomic E-state index is 4.80. The van der Waals surface area contributed by atoms with Gasteiger partial charge in [0.1, 0.15) is 0 Å². The lowest BCUT2D eigenvalue weighted by Gasteiger charge is -2.42. The minimum absolute atomic E-state index is 0.785. The molecule has 4 unspecified atom stereocenters. The molecule has 0 bridgehead atoms. The Hall–Kier alpha value is -0.630. The lowest BCUT2D eigenvalue weighted by atomic mass is 9.64. The molecule has 2 heterocycles. The van der Waals surface area contributed by atoms with Crippen molar-refractivity contribution < 1.29 is 0 Å². The Bertz CT molecular complexity index is 308. The molecule has 0 aromatic rings. The molecule has 3 aliphatic rings. The zero-order valence-electron chi connectivity index (χ0n) is 9.99. The summed E-state index contributed by atoms with van der Waals surface area (Å²) >= 11 is 0. The predicted octanol–water partition coefficient (Wildman–Crippen LogP) is 2.27. The smallest absolute Gasteiger partial charge is 0.0389 e. The van der Waals surface area contributed by atoms with Crippen molar-refractivity contribution in [3.8, 4) is 0 Å². The molecule has 4 atom stereocenters. The highest BCUT2D eigenvalue weighted by atomic mass is 14.9. The summed E-state index contributed by atoms with van der Waals surface area (Å²) in [4.78, 5) is 4.80. The zero-order chi connectivity index (χ0) is 11.0. The molecule has 2 heteroatoms. The van der Waals surface area contributed by atoms with Crippen LogP contribution in [0.25, 0.3) is 0 Å². The molecule has 0 aromatic carbocycles. The van der Waals surface area contributed by atoms with Crippen LogP contribution in [0, 0.1) is 23.7 Å². The topological polar surface area (TPSA) is 24.4 Å². The quantitative estimate of drug-likeness (QED) is 0.706. The van der Waals surface area contributed by atoms with Crippen LogP contribution in [0.1, 0.15) is 25.7 Å². The van der Waals surface area contributed by atoms with Gasteiger partial charge in [0, 0.05) is 18.2 Å². The lowest BCUT2D eigenvalue weighted by Crippen LogP contribution is -2.41. The number of hydrogen-bond donors (Lipinski definition) is 1. The molecule has 16 heavy (non-hydrogen) atoms. The van der Waals surface area contributed by atoms with Crippen LogP contribution in [0.3, 0.4) is 0 Å². The molecule has 0 radical (unpaired) electrons. The minimum atomic E-state index is 0.785. The van der Waals surface area contributed by atoms with Gasteiger partial charge in [-0.3, -0.25) is 4.99 Å². The number of aliphatic imine (C=N–C) groups is 1. The maximum absolute atomic E-state index is 4.80. The van der Waals surface area contributed by atoms with Crippen molar-refractivity contribution in [1.29, 1.82) is 0 Å². The number of nitrogens with zero attached hydrogens (tertiary/aromatic N) is 1. The van der Waals surface area contributed by atoms with E-state index in [1.165, 1.54) is 38.8 Å². The predicted molar refractivity (Wildman–Crippen MR) is 67.8 cm³/mol. The number of hydrogen-bond acceptors (Lipinski definition) is 2. The summed E-state index contributed by atoms with van der Waals surface area (Å²) < 4.78 is 0. The highest BCUT2D eigenvalue weighted by Crippen LogP contribution is 2.44. The van der Waals surface area contributed by atoms with Gasteiger partial charge < -0.3 is 5.32 Å². The molecule has 0 spiro atoms. The Kier molecular flexibility index (Phi) is 2.84. The summed E-state index contributed by atoms with van der Waals surface area (Å²) in [6.07, 6.45) is 7.26. The molecule has 0 amide bonds. The van der Waals surface area contributed by atoms with Crippen LogP contribution in [0.5, 0.6) is 0 Å². The molecule has 1 aliphatic carbocycles. The molecule has 2 aliphatic heterocycles. The second-order valence-corrected chi connectivity index (χ2v) is 5.60. The van der Waals surface area contributed by atoms with E-state index in [0.717, 1.165) is 30.2 Å². The molecule has 0 aromatic heterocycles. The van der Waals surface area contributed by atoms with Gasteiger partial charge in [0.05, 0.1) is 0 Å². The Labute approximate surface area is 98.2 Å². The highest BCUT2D eigenvalue weighted by molar-refractivity contribution is 5.88. The van der Waals surface area contributed by atoms with Gasteiger partial charge in [-0.25, -0.2) is 0 Å². The van der Waals surface area contributed by atoms with E-state index in [9.17, 15) is 0 Å². The van der Waals surface area contributed by atoms with E-state index in [2.05, 4.69) is 18.0 Å². The Morgan fingerprint density at radius 1 is 1.44 bits per heavy atom. The second kappa shape index (κ2) is 4.33. The molecule has 1 N–H and O–H groups in total. The molecule has 1 saturated carbocycles. The van der Waals surface area contributed by atoms with E-state index in [-0.39, 0.29) is 0 Å². The van der Waals surface area contributed by atoms with E-state index >= 15 is 0 Å². The molecule has 88 valence electrons. The van der Waals surface area contributed by atoms with Crippen molar-refractivity contribution in [1.82, 2.24) is 5.32 Å². The normalized spacial score (nSPS) is 42.1. The van der Waals surface area contributed by atoms with Crippen LogP contribution in [0.15, 0.2) is 17.6 Å². The van der Waals surface area contributed by atoms with E-state index in [4.69, 9.17) is 4.99 Å². The number of fused-ring (bicyclic) bond motifs is 2. The first kappa shape index (κ1) is 10.5. The van der Waals surface area contributed by atoms with Crippen molar-refractivity contribution in [3.05, 3.63) is 12.7 Å². The Balaban J connectivity index is 1.87. The van der Waals surface area contributed by atoms with Crippen molar-refractivity contribution in [2.75, 3.05) is 19.6 Å². The SMILES string of the molecule is C=CCC1C2CCCN=C2CC2CNCC21. The van der Waals surface area contributed by atoms with Gasteiger partial charge in [-0.05, 0) is 56.5 Å². The molecular weight excluding hydrogens is 196 g/mol. The first-order valence-electron chi connectivity index (χ1n) is 6.75. The van der Waals surface area contributed by atoms with Crippen LogP contribution >= 0.6 is 0 Å². The van der Waals surface area contributed by atoms with E-state index in [0.29, 0.717) is 0 Å². The van der Waals surface area contributed by atoms with Crippen LogP contribution < -0.4 is 5.32 Å². The van der Waals surface area contributed by atoms with Crippen molar-refractivity contribution >= 4 is 5.71 Å². The van der Waals surface area contributed by atoms with Crippen LogP contribution in [0.4, 0.5) is 0 Å². The summed E-state index contributed by atoms with van der Waals surface area (Å²) in [5.41, 5.74) is 1.54. The Morgan fingerprint density at radius 2 is 2.38 bits per heavy atom. The van der Waals surface area contributed by atoms with Gasteiger partial charge in [0.2, 0.25) is 0 Å². The zero-order valence-corrected chi connectivity index (χ0v) is 9.99. The first-order valence-corrected chi connectivity index (χ1v) is 6.75. The summed E-state index contributed by atoms with van der Waals surface area (Å²) in [6, 6.07) is 0. The fourth-order valence-corrected chi connectivity index (χ4v) is 4.07. The standard InChI is InChI=1S/C14H22N2/c1-2-4-11-12-5-3-6-16-14(12)7-10-8-15-9-13(10)11/h2,10-13,15H,1,3-9H2. The van der Waals surface area contributed by atoms with E-state index < -0.39 is 0 Å². The minimum Gasteiger partial charge on any atom is -0.316 e. The summed E-state index contributed by atoms with van der Waals surface area (Å²) in [5.74, 6) is 3.36. The lowest BCUT2D eigenvalue weighted by molar-refractivity contribution is 0.198. The molecule has 1 saturated heterocycles. The fourth-order valence-electron chi connectivity index (χ4n) is 4.07. The Morgan fingerprint density at radius 3 is 3.25 bits per heavy atom. The molecular formula is C14H22N2. The number of allylic oxidation sites excluding steroid dienone is 1. The molecule has 2 nitrogen and oxygen atoms in total. The van der Waals surface area contributed by atoms with Gasteiger partial charge in [-0.15, -0.1) is 6.58 Å². The number of nitrogens with one attached hydrogen (secondary N) is 1. The third-order valence-electron chi connectivity index (χ3n) is 4.79. The van der Waals surface area contributed by atoms with Gasteiger partial charge in [0.25, 0.3) is 0 Å². The third-order valence-corrected chi connectivity index (χ3v) is 4.79. The third kappa shape index (κ3) is 1.64. The van der Waals surface area contributed by atoms with E-state index in [1.54, 1.807) is 5.71 Å². The summed E-state index contributed by atoms with van der Waals surface area (Å²) in [5, 5.41) is 3.57. The average molecular weight is 218 g/mol. The van der Waals surface area contributed by atoms with Crippen LogP contribution in [-0.2, 0) is 0 Å². The number of rotatable bonds is 2. The van der Waals surface area contributed by atoms with Gasteiger partial charge in [-0.2, -0.15) is 0 Å². The monoisotopic (exact) mass is 218 g/mol. The van der Waals surface area contributed by atoms with Gasteiger partial charge >= 0.3 is 0 Å². The second-order valence-electron chi connectivity index (χ2n) is 5.60. The molecule has 2 fully saturated rings. The average Bonchev–Trinajstić information content (AvgIpc) is 2.77. The van der Waals surface area contributed by atoms with Crippen LogP contribution in [-0.4, -0.2) is 25.3 Å². The fraction of sp³-hybridized carbons (Fsp3) is 0.786. The summed E-state index contributed by atoms with van der Waals surface area (Å²) in [6.45, 7) is 7.47. The highest BCUT2D eigenvalue weighted by Gasteiger charge is 2.44. The maximum Gasteiger partial charge on any atom is 0.0389 e. The van der Waals surface area contributed by atoms with Gasteiger partial charge in [-0.1, -0.05) is 6.08 Å².